The van der Waals surface area contributed by atoms with Crippen molar-refractivity contribution in [3.05, 3.63) is 29.3 Å². The van der Waals surface area contributed by atoms with Crippen molar-refractivity contribution in [3.63, 3.8) is 0 Å². The van der Waals surface area contributed by atoms with E-state index in [1.165, 1.54) is 24.3 Å². The van der Waals surface area contributed by atoms with Gasteiger partial charge in [0.05, 0.1) is 4.08 Å². The van der Waals surface area contributed by atoms with Crippen molar-refractivity contribution in [2.24, 2.45) is 5.92 Å². The van der Waals surface area contributed by atoms with Gasteiger partial charge < -0.3 is 5.32 Å². The standard InChI is InChI=1S/C15H18ClNOS2/c16-12-1-3-13(4-2-12)17-14(18)11-5-7-15(8-6-11)19-9-10-20-15/h1-4,11H,5-10H2,(H,17,18). The number of hydrogen-bond donors (Lipinski definition) is 1. The molecule has 0 radical (unpaired) electrons. The Hall–Kier alpha value is -0.320. The Morgan fingerprint density at radius 1 is 1.15 bits per heavy atom. The summed E-state index contributed by atoms with van der Waals surface area (Å²) in [6.45, 7) is 0. The number of carbonyl (C=O) groups excluding carboxylic acids is 1. The second-order valence-corrected chi connectivity index (χ2v) is 9.03. The fourth-order valence-corrected chi connectivity index (χ4v) is 6.30. The Morgan fingerprint density at radius 2 is 1.75 bits per heavy atom. The third-order valence-electron chi connectivity index (χ3n) is 4.04. The van der Waals surface area contributed by atoms with Gasteiger partial charge in [0.15, 0.2) is 0 Å². The van der Waals surface area contributed by atoms with E-state index in [4.69, 9.17) is 11.6 Å². The van der Waals surface area contributed by atoms with E-state index in [-0.39, 0.29) is 11.8 Å². The van der Waals surface area contributed by atoms with Gasteiger partial charge in [0.25, 0.3) is 0 Å². The summed E-state index contributed by atoms with van der Waals surface area (Å²) in [5, 5.41) is 3.70. The molecule has 5 heteroatoms. The van der Waals surface area contributed by atoms with E-state index < -0.39 is 0 Å². The van der Waals surface area contributed by atoms with Crippen LogP contribution in [0.2, 0.25) is 5.02 Å². The van der Waals surface area contributed by atoms with Gasteiger partial charge >= 0.3 is 0 Å². The molecular weight excluding hydrogens is 310 g/mol. The number of benzene rings is 1. The van der Waals surface area contributed by atoms with Gasteiger partial charge in [-0.2, -0.15) is 0 Å². The van der Waals surface area contributed by atoms with Crippen molar-refractivity contribution in [1.82, 2.24) is 0 Å². The Kier molecular flexibility index (Phi) is 4.53. The van der Waals surface area contributed by atoms with Crippen LogP contribution in [-0.4, -0.2) is 21.5 Å². The second-order valence-electron chi connectivity index (χ2n) is 5.38. The molecule has 0 atom stereocenters. The number of hydrogen-bond acceptors (Lipinski definition) is 3. The lowest BCUT2D eigenvalue weighted by Crippen LogP contribution is -2.32. The second kappa shape index (κ2) is 6.20. The SMILES string of the molecule is O=C(Nc1ccc(Cl)cc1)C1CCC2(CC1)SCCS2. The monoisotopic (exact) mass is 327 g/mol. The highest BCUT2D eigenvalue weighted by Gasteiger charge is 2.40. The molecule has 0 aromatic heterocycles. The van der Waals surface area contributed by atoms with Crippen molar-refractivity contribution in [2.45, 2.75) is 29.8 Å². The molecule has 1 N–H and O–H groups in total. The molecule has 20 heavy (non-hydrogen) atoms. The van der Waals surface area contributed by atoms with Gasteiger partial charge in [0.1, 0.15) is 0 Å². The molecule has 1 aromatic carbocycles. The Bertz CT molecular complexity index is 475. The molecule has 108 valence electrons. The number of rotatable bonds is 2. The van der Waals surface area contributed by atoms with Gasteiger partial charge in [-0.15, -0.1) is 23.5 Å². The van der Waals surface area contributed by atoms with Crippen LogP contribution in [0.3, 0.4) is 0 Å². The molecule has 1 saturated heterocycles. The van der Waals surface area contributed by atoms with E-state index in [1.54, 1.807) is 12.1 Å². The minimum Gasteiger partial charge on any atom is -0.326 e. The number of halogens is 1. The Labute approximate surface area is 133 Å². The summed E-state index contributed by atoms with van der Waals surface area (Å²) < 4.78 is 0.428. The first-order valence-electron chi connectivity index (χ1n) is 7.01. The smallest absolute Gasteiger partial charge is 0.227 e. The van der Waals surface area contributed by atoms with Crippen LogP contribution >= 0.6 is 35.1 Å². The van der Waals surface area contributed by atoms with Gasteiger partial charge in [-0.25, -0.2) is 0 Å². The highest BCUT2D eigenvalue weighted by Crippen LogP contribution is 2.53. The lowest BCUT2D eigenvalue weighted by atomic mass is 9.88. The van der Waals surface area contributed by atoms with Crippen LogP contribution in [0.25, 0.3) is 0 Å². The molecule has 2 aliphatic rings. The quantitative estimate of drug-likeness (QED) is 0.857. The zero-order valence-electron chi connectivity index (χ0n) is 11.2. The normalized spacial score (nSPS) is 22.1. The number of nitrogens with one attached hydrogen (secondary N) is 1. The van der Waals surface area contributed by atoms with Crippen LogP contribution in [0.15, 0.2) is 24.3 Å². The van der Waals surface area contributed by atoms with E-state index in [2.05, 4.69) is 28.8 Å². The third-order valence-corrected chi connectivity index (χ3v) is 7.95. The van der Waals surface area contributed by atoms with Crippen molar-refractivity contribution in [1.29, 1.82) is 0 Å². The maximum Gasteiger partial charge on any atom is 0.227 e. The van der Waals surface area contributed by atoms with Crippen LogP contribution in [0, 0.1) is 5.92 Å². The lowest BCUT2D eigenvalue weighted by Gasteiger charge is -2.35. The highest BCUT2D eigenvalue weighted by molar-refractivity contribution is 8.21. The van der Waals surface area contributed by atoms with E-state index in [9.17, 15) is 4.79 Å². The molecule has 1 amide bonds. The number of anilines is 1. The van der Waals surface area contributed by atoms with Crippen LogP contribution in [-0.2, 0) is 4.79 Å². The number of thioether (sulfide) groups is 2. The van der Waals surface area contributed by atoms with Crippen molar-refractivity contribution >= 4 is 46.7 Å². The summed E-state index contributed by atoms with van der Waals surface area (Å²) in [4.78, 5) is 12.3. The predicted octanol–water partition coefficient (Wildman–Crippen LogP) is 4.65. The van der Waals surface area contributed by atoms with Crippen LogP contribution in [0.1, 0.15) is 25.7 Å². The largest absolute Gasteiger partial charge is 0.326 e. The fraction of sp³-hybridized carbons (Fsp3) is 0.533. The molecule has 1 aromatic rings. The van der Waals surface area contributed by atoms with Crippen LogP contribution < -0.4 is 5.32 Å². The van der Waals surface area contributed by atoms with Gasteiger partial charge in [-0.1, -0.05) is 11.6 Å². The Balaban J connectivity index is 1.55. The average Bonchev–Trinajstić information content (AvgIpc) is 2.90. The summed E-state index contributed by atoms with van der Waals surface area (Å²) in [6.07, 6.45) is 4.36. The Morgan fingerprint density at radius 3 is 2.35 bits per heavy atom. The first-order valence-corrected chi connectivity index (χ1v) is 9.36. The molecule has 1 aliphatic carbocycles. The first kappa shape index (κ1) is 14.6. The summed E-state index contributed by atoms with van der Waals surface area (Å²) in [6, 6.07) is 7.32. The van der Waals surface area contributed by atoms with Crippen LogP contribution in [0.4, 0.5) is 5.69 Å². The topological polar surface area (TPSA) is 29.1 Å². The zero-order chi connectivity index (χ0) is 14.0. The van der Waals surface area contributed by atoms with Crippen molar-refractivity contribution < 1.29 is 4.79 Å². The molecule has 1 aliphatic heterocycles. The summed E-state index contributed by atoms with van der Waals surface area (Å²) >= 11 is 10.1. The minimum absolute atomic E-state index is 0.162. The van der Waals surface area contributed by atoms with Crippen LogP contribution in [0.5, 0.6) is 0 Å². The molecule has 1 heterocycles. The van der Waals surface area contributed by atoms with Crippen molar-refractivity contribution in [2.75, 3.05) is 16.8 Å². The van der Waals surface area contributed by atoms with E-state index in [1.807, 2.05) is 12.1 Å². The average molecular weight is 328 g/mol. The number of amides is 1. The third kappa shape index (κ3) is 3.29. The summed E-state index contributed by atoms with van der Waals surface area (Å²) in [5.41, 5.74) is 0.837. The predicted molar refractivity (Wildman–Crippen MR) is 89.7 cm³/mol. The van der Waals surface area contributed by atoms with Gasteiger partial charge in [-0.05, 0) is 49.9 Å². The van der Waals surface area contributed by atoms with E-state index in [0.717, 1.165) is 18.5 Å². The first-order chi connectivity index (χ1) is 9.67. The van der Waals surface area contributed by atoms with Gasteiger partial charge in [0.2, 0.25) is 5.91 Å². The maximum atomic E-state index is 12.3. The van der Waals surface area contributed by atoms with E-state index in [0.29, 0.717) is 9.10 Å². The summed E-state index contributed by atoms with van der Waals surface area (Å²) in [5.74, 6) is 2.87. The molecule has 2 fully saturated rings. The molecule has 0 unspecified atom stereocenters. The van der Waals surface area contributed by atoms with Gasteiger partial charge in [-0.3, -0.25) is 4.79 Å². The zero-order valence-corrected chi connectivity index (χ0v) is 13.6. The van der Waals surface area contributed by atoms with Crippen molar-refractivity contribution in [3.8, 4) is 0 Å². The lowest BCUT2D eigenvalue weighted by molar-refractivity contribution is -0.120. The molecule has 1 saturated carbocycles. The molecule has 2 nitrogen and oxygen atoms in total. The molecule has 3 rings (SSSR count). The minimum atomic E-state index is 0.162. The molecule has 0 bridgehead atoms. The fourth-order valence-electron chi connectivity index (χ4n) is 2.88. The summed E-state index contributed by atoms with van der Waals surface area (Å²) in [7, 11) is 0. The molecule has 1 spiro atoms. The number of carbonyl (C=O) groups is 1. The van der Waals surface area contributed by atoms with Gasteiger partial charge in [0, 0.05) is 28.1 Å². The highest BCUT2D eigenvalue weighted by atomic mass is 35.5. The van der Waals surface area contributed by atoms with E-state index >= 15 is 0 Å². The molecular formula is C15H18ClNOS2. The maximum absolute atomic E-state index is 12.3.